The van der Waals surface area contributed by atoms with Crippen molar-refractivity contribution in [2.24, 2.45) is 0 Å². The smallest absolute Gasteiger partial charge is 0.257 e. The van der Waals surface area contributed by atoms with Gasteiger partial charge in [-0.15, -0.1) is 0 Å². The van der Waals surface area contributed by atoms with Gasteiger partial charge in [0.25, 0.3) is 5.91 Å². The van der Waals surface area contributed by atoms with Gasteiger partial charge in [0.1, 0.15) is 17.2 Å². The van der Waals surface area contributed by atoms with Crippen molar-refractivity contribution in [3.63, 3.8) is 0 Å². The number of alkyl halides is 1. The molecule has 1 rings (SSSR count). The number of benzene rings is 1. The van der Waals surface area contributed by atoms with E-state index in [0.29, 0.717) is 11.8 Å². The number of halogens is 3. The lowest BCUT2D eigenvalue weighted by atomic mass is 10.0. The largest absolute Gasteiger partial charge is 0.346 e. The second-order valence-corrected chi connectivity index (χ2v) is 4.66. The highest BCUT2D eigenvalue weighted by Crippen LogP contribution is 2.17. The van der Waals surface area contributed by atoms with Crippen LogP contribution in [0.1, 0.15) is 30.6 Å². The van der Waals surface area contributed by atoms with Gasteiger partial charge in [-0.3, -0.25) is 4.79 Å². The summed E-state index contributed by atoms with van der Waals surface area (Å²) in [7, 11) is 0. The van der Waals surface area contributed by atoms with Crippen LogP contribution in [0.2, 0.25) is 0 Å². The monoisotopic (exact) mass is 305 g/mol. The van der Waals surface area contributed by atoms with Crippen molar-refractivity contribution >= 4 is 21.8 Å². The van der Waals surface area contributed by atoms with Crippen LogP contribution in [0.4, 0.5) is 8.78 Å². The lowest BCUT2D eigenvalue weighted by Crippen LogP contribution is -2.47. The van der Waals surface area contributed by atoms with Crippen LogP contribution >= 0.6 is 15.9 Å². The molecule has 0 aliphatic carbocycles. The van der Waals surface area contributed by atoms with Crippen LogP contribution in [0.25, 0.3) is 0 Å². The van der Waals surface area contributed by atoms with Crippen molar-refractivity contribution in [2.45, 2.75) is 25.8 Å². The molecule has 1 amide bonds. The van der Waals surface area contributed by atoms with Gasteiger partial charge in [0.2, 0.25) is 0 Å². The molecule has 0 fully saturated rings. The van der Waals surface area contributed by atoms with E-state index in [1.165, 1.54) is 6.07 Å². The molecule has 1 aromatic rings. The SMILES string of the molecule is CCC(C)(CBr)NC(=O)c1c(F)cccc1F. The molecule has 0 spiro atoms. The first-order valence-corrected chi connectivity index (χ1v) is 6.38. The van der Waals surface area contributed by atoms with Crippen LogP contribution in [-0.2, 0) is 0 Å². The first kappa shape index (κ1) is 14.1. The van der Waals surface area contributed by atoms with Gasteiger partial charge in [0.05, 0.1) is 0 Å². The Kier molecular flexibility index (Phi) is 4.62. The van der Waals surface area contributed by atoms with E-state index in [0.717, 1.165) is 12.1 Å². The topological polar surface area (TPSA) is 29.1 Å². The van der Waals surface area contributed by atoms with Gasteiger partial charge in [-0.1, -0.05) is 28.9 Å². The van der Waals surface area contributed by atoms with Gasteiger partial charge in [-0.25, -0.2) is 8.78 Å². The highest BCUT2D eigenvalue weighted by molar-refractivity contribution is 9.09. The van der Waals surface area contributed by atoms with Crippen LogP contribution in [0.15, 0.2) is 18.2 Å². The molecule has 2 nitrogen and oxygen atoms in total. The molecule has 0 saturated carbocycles. The Bertz CT molecular complexity index is 399. The molecule has 5 heteroatoms. The number of hydrogen-bond donors (Lipinski definition) is 1. The minimum absolute atomic E-state index is 0.512. The standard InChI is InChI=1S/C12H14BrF2NO/c1-3-12(2,7-13)16-11(17)10-8(14)5-4-6-9(10)15/h4-6H,3,7H2,1-2H3,(H,16,17). The predicted molar refractivity (Wildman–Crippen MR) is 66.3 cm³/mol. The Balaban J connectivity index is 2.98. The zero-order valence-electron chi connectivity index (χ0n) is 9.69. The van der Waals surface area contributed by atoms with Crippen LogP contribution in [0, 0.1) is 11.6 Å². The molecule has 1 aromatic carbocycles. The lowest BCUT2D eigenvalue weighted by molar-refractivity contribution is 0.0904. The highest BCUT2D eigenvalue weighted by atomic mass is 79.9. The highest BCUT2D eigenvalue weighted by Gasteiger charge is 2.26. The van der Waals surface area contributed by atoms with Gasteiger partial charge < -0.3 is 5.32 Å². The van der Waals surface area contributed by atoms with E-state index in [4.69, 9.17) is 0 Å². The average Bonchev–Trinajstić information content (AvgIpc) is 2.28. The fraction of sp³-hybridized carbons (Fsp3) is 0.417. The zero-order chi connectivity index (χ0) is 13.1. The molecule has 0 heterocycles. The fourth-order valence-electron chi connectivity index (χ4n) is 1.27. The van der Waals surface area contributed by atoms with Crippen LogP contribution in [-0.4, -0.2) is 16.8 Å². The molecule has 1 unspecified atom stereocenters. The predicted octanol–water partition coefficient (Wildman–Crippen LogP) is 3.26. The average molecular weight is 306 g/mol. The molecule has 0 radical (unpaired) electrons. The van der Waals surface area contributed by atoms with Crippen molar-refractivity contribution in [1.29, 1.82) is 0 Å². The van der Waals surface area contributed by atoms with Crippen molar-refractivity contribution < 1.29 is 13.6 Å². The number of nitrogens with one attached hydrogen (secondary N) is 1. The van der Waals surface area contributed by atoms with Gasteiger partial charge in [0, 0.05) is 10.9 Å². The first-order valence-electron chi connectivity index (χ1n) is 5.26. The summed E-state index contributed by atoms with van der Waals surface area (Å²) in [6.07, 6.45) is 0.653. The van der Waals surface area contributed by atoms with E-state index in [9.17, 15) is 13.6 Å². The molecule has 94 valence electrons. The first-order chi connectivity index (χ1) is 7.93. The Labute approximate surface area is 108 Å². The molecule has 0 bridgehead atoms. The molecule has 17 heavy (non-hydrogen) atoms. The summed E-state index contributed by atoms with van der Waals surface area (Å²) < 4.78 is 26.7. The summed E-state index contributed by atoms with van der Waals surface area (Å²) in [6, 6.07) is 3.36. The van der Waals surface area contributed by atoms with Crippen molar-refractivity contribution in [3.05, 3.63) is 35.4 Å². The van der Waals surface area contributed by atoms with Crippen molar-refractivity contribution in [2.75, 3.05) is 5.33 Å². The van der Waals surface area contributed by atoms with Crippen molar-refractivity contribution in [3.8, 4) is 0 Å². The van der Waals surface area contributed by atoms with E-state index in [-0.39, 0.29) is 0 Å². The van der Waals surface area contributed by atoms with Crippen LogP contribution < -0.4 is 5.32 Å². The Morgan fingerprint density at radius 1 is 1.41 bits per heavy atom. The summed E-state index contributed by atoms with van der Waals surface area (Å²) in [4.78, 5) is 11.8. The Hall–Kier alpha value is -0.970. The second kappa shape index (κ2) is 5.58. The van der Waals surface area contributed by atoms with Gasteiger partial charge >= 0.3 is 0 Å². The quantitative estimate of drug-likeness (QED) is 0.850. The molecule has 1 atom stereocenters. The van der Waals surface area contributed by atoms with Gasteiger partial charge in [-0.2, -0.15) is 0 Å². The van der Waals surface area contributed by atoms with E-state index in [1.807, 2.05) is 6.92 Å². The summed E-state index contributed by atoms with van der Waals surface area (Å²) in [6.45, 7) is 3.69. The van der Waals surface area contributed by atoms with E-state index >= 15 is 0 Å². The Morgan fingerprint density at radius 2 is 1.94 bits per heavy atom. The molecule has 0 aliphatic rings. The number of carbonyl (C=O) groups is 1. The maximum absolute atomic E-state index is 13.4. The molecule has 0 aromatic heterocycles. The molecule has 1 N–H and O–H groups in total. The molecular formula is C12H14BrF2NO. The number of amides is 1. The summed E-state index contributed by atoms with van der Waals surface area (Å²) in [5.74, 6) is -2.43. The van der Waals surface area contributed by atoms with Crippen LogP contribution in [0.5, 0.6) is 0 Å². The van der Waals surface area contributed by atoms with Gasteiger partial charge in [-0.05, 0) is 25.5 Å². The summed E-state index contributed by atoms with van der Waals surface area (Å²) in [5.41, 5.74) is -1.06. The molecular weight excluding hydrogens is 292 g/mol. The lowest BCUT2D eigenvalue weighted by Gasteiger charge is -2.27. The number of hydrogen-bond acceptors (Lipinski definition) is 1. The summed E-state index contributed by atoms with van der Waals surface area (Å²) >= 11 is 3.27. The normalized spacial score (nSPS) is 14.2. The maximum Gasteiger partial charge on any atom is 0.257 e. The minimum atomic E-state index is -0.851. The third-order valence-electron chi connectivity index (χ3n) is 2.68. The van der Waals surface area contributed by atoms with E-state index < -0.39 is 28.6 Å². The molecule has 0 saturated heterocycles. The molecule has 0 aliphatic heterocycles. The minimum Gasteiger partial charge on any atom is -0.346 e. The van der Waals surface area contributed by atoms with E-state index in [1.54, 1.807) is 6.92 Å². The third-order valence-corrected chi connectivity index (χ3v) is 3.92. The third kappa shape index (κ3) is 3.25. The fourth-order valence-corrected chi connectivity index (χ4v) is 1.80. The maximum atomic E-state index is 13.4. The zero-order valence-corrected chi connectivity index (χ0v) is 11.3. The second-order valence-electron chi connectivity index (χ2n) is 4.10. The van der Waals surface area contributed by atoms with Gasteiger partial charge in [0.15, 0.2) is 0 Å². The summed E-state index contributed by atoms with van der Waals surface area (Å²) in [5, 5.41) is 3.14. The van der Waals surface area contributed by atoms with Crippen molar-refractivity contribution in [1.82, 2.24) is 5.32 Å². The number of rotatable bonds is 4. The Morgan fingerprint density at radius 3 is 2.35 bits per heavy atom. The van der Waals surface area contributed by atoms with E-state index in [2.05, 4.69) is 21.2 Å². The number of carbonyl (C=O) groups excluding carboxylic acids is 1. The van der Waals surface area contributed by atoms with Crippen LogP contribution in [0.3, 0.4) is 0 Å².